The van der Waals surface area contributed by atoms with Gasteiger partial charge in [-0.25, -0.2) is 0 Å². The number of hydrogen-bond donors (Lipinski definition) is 0. The SMILES string of the molecule is C=CCC(OC(CC=C)c1ccc(C)cc1)c1ccc(C)cc1. The minimum absolute atomic E-state index is 0.0133. The Labute approximate surface area is 140 Å². The molecule has 2 rings (SSSR count). The molecule has 0 radical (unpaired) electrons. The summed E-state index contributed by atoms with van der Waals surface area (Å²) in [6.45, 7) is 12.0. The first-order valence-electron chi connectivity index (χ1n) is 8.14. The first-order valence-corrected chi connectivity index (χ1v) is 8.14. The summed E-state index contributed by atoms with van der Waals surface area (Å²) >= 11 is 0. The molecule has 0 aliphatic rings. The van der Waals surface area contributed by atoms with E-state index in [0.29, 0.717) is 0 Å². The van der Waals surface area contributed by atoms with Crippen molar-refractivity contribution >= 4 is 0 Å². The highest BCUT2D eigenvalue weighted by Crippen LogP contribution is 2.32. The second kappa shape index (κ2) is 8.50. The standard InChI is InChI=1S/C22H26O/c1-5-7-21(19-13-9-17(3)10-14-19)23-22(8-6-2)20-15-11-18(4)12-16-20/h5-6,9-16,21-22H,1-2,7-8H2,3-4H3. The average Bonchev–Trinajstić information content (AvgIpc) is 2.55. The number of hydrogen-bond acceptors (Lipinski definition) is 1. The van der Waals surface area contributed by atoms with Crippen LogP contribution in [0.3, 0.4) is 0 Å². The number of rotatable bonds is 8. The van der Waals surface area contributed by atoms with Crippen molar-refractivity contribution < 1.29 is 4.74 Å². The summed E-state index contributed by atoms with van der Waals surface area (Å²) in [5, 5.41) is 0. The van der Waals surface area contributed by atoms with Crippen LogP contribution < -0.4 is 0 Å². The van der Waals surface area contributed by atoms with Crippen LogP contribution in [0.2, 0.25) is 0 Å². The molecule has 120 valence electrons. The van der Waals surface area contributed by atoms with Crippen molar-refractivity contribution in [2.45, 2.75) is 38.9 Å². The smallest absolute Gasteiger partial charge is 0.0867 e. The van der Waals surface area contributed by atoms with Crippen LogP contribution in [-0.2, 0) is 4.74 Å². The second-order valence-corrected chi connectivity index (χ2v) is 5.98. The van der Waals surface area contributed by atoms with E-state index in [9.17, 15) is 0 Å². The first-order chi connectivity index (χ1) is 11.1. The number of benzene rings is 2. The molecule has 0 amide bonds. The fraction of sp³-hybridized carbons (Fsp3) is 0.273. The molecular weight excluding hydrogens is 280 g/mol. The summed E-state index contributed by atoms with van der Waals surface area (Å²) < 4.78 is 6.44. The molecule has 0 saturated heterocycles. The maximum Gasteiger partial charge on any atom is 0.0867 e. The fourth-order valence-corrected chi connectivity index (χ4v) is 2.60. The Morgan fingerprint density at radius 1 is 0.739 bits per heavy atom. The summed E-state index contributed by atoms with van der Waals surface area (Å²) in [7, 11) is 0. The molecular formula is C22H26O. The zero-order valence-corrected chi connectivity index (χ0v) is 14.2. The maximum absolute atomic E-state index is 6.44. The lowest BCUT2D eigenvalue weighted by Gasteiger charge is -2.24. The topological polar surface area (TPSA) is 9.23 Å². The molecule has 2 atom stereocenters. The lowest BCUT2D eigenvalue weighted by atomic mass is 10.0. The molecule has 2 unspecified atom stereocenters. The van der Waals surface area contributed by atoms with Crippen LogP contribution in [0.5, 0.6) is 0 Å². The van der Waals surface area contributed by atoms with Gasteiger partial charge in [-0.15, -0.1) is 13.2 Å². The third kappa shape index (κ3) is 4.94. The van der Waals surface area contributed by atoms with Gasteiger partial charge in [0, 0.05) is 0 Å². The Morgan fingerprint density at radius 3 is 1.39 bits per heavy atom. The van der Waals surface area contributed by atoms with Gasteiger partial charge >= 0.3 is 0 Å². The predicted octanol–water partition coefficient (Wildman–Crippen LogP) is 6.25. The van der Waals surface area contributed by atoms with Gasteiger partial charge in [0.25, 0.3) is 0 Å². The van der Waals surface area contributed by atoms with Gasteiger partial charge in [-0.2, -0.15) is 0 Å². The van der Waals surface area contributed by atoms with E-state index in [-0.39, 0.29) is 12.2 Å². The largest absolute Gasteiger partial charge is 0.365 e. The highest BCUT2D eigenvalue weighted by atomic mass is 16.5. The third-order valence-electron chi connectivity index (χ3n) is 3.99. The molecule has 0 N–H and O–H groups in total. The van der Waals surface area contributed by atoms with Crippen LogP contribution in [0.15, 0.2) is 73.8 Å². The van der Waals surface area contributed by atoms with Gasteiger partial charge in [0.2, 0.25) is 0 Å². The van der Waals surface area contributed by atoms with E-state index in [0.717, 1.165) is 12.8 Å². The average molecular weight is 306 g/mol. The second-order valence-electron chi connectivity index (χ2n) is 5.98. The van der Waals surface area contributed by atoms with Crippen LogP contribution >= 0.6 is 0 Å². The van der Waals surface area contributed by atoms with Crippen molar-refractivity contribution in [1.29, 1.82) is 0 Å². The van der Waals surface area contributed by atoms with Crippen molar-refractivity contribution in [2.75, 3.05) is 0 Å². The van der Waals surface area contributed by atoms with E-state index in [1.54, 1.807) is 0 Å². The normalized spacial score (nSPS) is 13.3. The van der Waals surface area contributed by atoms with Crippen LogP contribution in [0.4, 0.5) is 0 Å². The summed E-state index contributed by atoms with van der Waals surface area (Å²) in [6, 6.07) is 17.1. The third-order valence-corrected chi connectivity index (χ3v) is 3.99. The lowest BCUT2D eigenvalue weighted by Crippen LogP contribution is -2.10. The first kappa shape index (κ1) is 17.2. The van der Waals surface area contributed by atoms with Crippen LogP contribution in [0, 0.1) is 13.8 Å². The Balaban J connectivity index is 2.23. The minimum Gasteiger partial charge on any atom is -0.365 e. The molecule has 1 nitrogen and oxygen atoms in total. The van der Waals surface area contributed by atoms with E-state index in [4.69, 9.17) is 4.74 Å². The van der Waals surface area contributed by atoms with Crippen molar-refractivity contribution in [3.63, 3.8) is 0 Å². The molecule has 0 aromatic heterocycles. The molecule has 0 saturated carbocycles. The lowest BCUT2D eigenvalue weighted by molar-refractivity contribution is -0.0120. The van der Waals surface area contributed by atoms with Crippen LogP contribution in [0.1, 0.15) is 47.3 Å². The number of aryl methyl sites for hydroxylation is 2. The van der Waals surface area contributed by atoms with E-state index in [1.807, 2.05) is 12.2 Å². The molecule has 0 aliphatic carbocycles. The van der Waals surface area contributed by atoms with E-state index in [2.05, 4.69) is 75.5 Å². The molecule has 2 aromatic carbocycles. The summed E-state index contributed by atoms with van der Waals surface area (Å²) in [5.41, 5.74) is 4.90. The monoisotopic (exact) mass is 306 g/mol. The molecule has 0 aliphatic heterocycles. The highest BCUT2D eigenvalue weighted by molar-refractivity contribution is 5.26. The molecule has 0 bridgehead atoms. The van der Waals surface area contributed by atoms with Crippen molar-refractivity contribution in [2.24, 2.45) is 0 Å². The van der Waals surface area contributed by atoms with Gasteiger partial charge in [-0.05, 0) is 37.8 Å². The van der Waals surface area contributed by atoms with Crippen molar-refractivity contribution in [3.8, 4) is 0 Å². The molecule has 23 heavy (non-hydrogen) atoms. The maximum atomic E-state index is 6.44. The zero-order chi connectivity index (χ0) is 16.7. The van der Waals surface area contributed by atoms with E-state index < -0.39 is 0 Å². The summed E-state index contributed by atoms with van der Waals surface area (Å²) in [5.74, 6) is 0. The van der Waals surface area contributed by atoms with Crippen LogP contribution in [0.25, 0.3) is 0 Å². The van der Waals surface area contributed by atoms with Gasteiger partial charge in [0.1, 0.15) is 0 Å². The molecule has 0 fully saturated rings. The Hall–Kier alpha value is -2.12. The number of ether oxygens (including phenoxy) is 1. The molecule has 2 aromatic rings. The Kier molecular flexibility index (Phi) is 6.37. The van der Waals surface area contributed by atoms with Crippen molar-refractivity contribution in [3.05, 3.63) is 96.1 Å². The quantitative estimate of drug-likeness (QED) is 0.523. The predicted molar refractivity (Wildman–Crippen MR) is 98.6 cm³/mol. The summed E-state index contributed by atoms with van der Waals surface area (Å²) in [4.78, 5) is 0. The van der Waals surface area contributed by atoms with Crippen LogP contribution in [-0.4, -0.2) is 0 Å². The van der Waals surface area contributed by atoms with E-state index >= 15 is 0 Å². The highest BCUT2D eigenvalue weighted by Gasteiger charge is 2.18. The van der Waals surface area contributed by atoms with Gasteiger partial charge in [-0.3, -0.25) is 0 Å². The molecule has 0 heterocycles. The molecule has 1 heteroatoms. The fourth-order valence-electron chi connectivity index (χ4n) is 2.60. The summed E-state index contributed by atoms with van der Waals surface area (Å²) in [6.07, 6.45) is 5.46. The van der Waals surface area contributed by atoms with Gasteiger partial charge in [0.05, 0.1) is 12.2 Å². The van der Waals surface area contributed by atoms with Gasteiger partial charge < -0.3 is 4.74 Å². The zero-order valence-electron chi connectivity index (χ0n) is 14.2. The van der Waals surface area contributed by atoms with E-state index in [1.165, 1.54) is 22.3 Å². The molecule has 0 spiro atoms. The van der Waals surface area contributed by atoms with Gasteiger partial charge in [-0.1, -0.05) is 71.8 Å². The minimum atomic E-state index is 0.0133. The van der Waals surface area contributed by atoms with Crippen molar-refractivity contribution in [1.82, 2.24) is 0 Å². The Bertz CT molecular complexity index is 565. The van der Waals surface area contributed by atoms with Gasteiger partial charge in [0.15, 0.2) is 0 Å². The Morgan fingerprint density at radius 2 is 1.09 bits per heavy atom.